The number of benzene rings is 3. The van der Waals surface area contributed by atoms with Crippen LogP contribution in [0.3, 0.4) is 0 Å². The number of rotatable bonds is 12. The summed E-state index contributed by atoms with van der Waals surface area (Å²) in [4.78, 5) is 17.1. The predicted molar refractivity (Wildman–Crippen MR) is 149 cm³/mol. The lowest BCUT2D eigenvalue weighted by Crippen LogP contribution is -2.19. The van der Waals surface area contributed by atoms with Crippen LogP contribution in [-0.2, 0) is 6.54 Å². The highest BCUT2D eigenvalue weighted by Crippen LogP contribution is 2.26. The Morgan fingerprint density at radius 3 is 2.31 bits per heavy atom. The standard InChI is InChI=1S/C31H36N2O3/c1-32(2)26-15-13-25(14-16-26)30-22-29(34)28-18-17-27(21-31(28)36-30)35-20-10-5-4-9-19-33(3)23-24-11-7-6-8-12-24/h6-8,11-18,21-22H,4-5,9-10,19-20,23H2,1-3H3. The number of hydrogen-bond acceptors (Lipinski definition) is 5. The van der Waals surface area contributed by atoms with Crippen LogP contribution >= 0.6 is 0 Å². The van der Waals surface area contributed by atoms with Crippen LogP contribution in [-0.4, -0.2) is 39.2 Å². The van der Waals surface area contributed by atoms with E-state index in [1.807, 2.05) is 55.4 Å². The molecule has 4 aromatic rings. The Hall–Kier alpha value is -3.57. The number of nitrogens with zero attached hydrogens (tertiary/aromatic N) is 2. The van der Waals surface area contributed by atoms with Crippen molar-refractivity contribution in [1.29, 1.82) is 0 Å². The van der Waals surface area contributed by atoms with Crippen LogP contribution < -0.4 is 15.1 Å². The molecule has 3 aromatic carbocycles. The van der Waals surface area contributed by atoms with Crippen molar-refractivity contribution in [3.8, 4) is 17.1 Å². The van der Waals surface area contributed by atoms with Gasteiger partial charge in [-0.2, -0.15) is 0 Å². The Balaban J connectivity index is 1.25. The summed E-state index contributed by atoms with van der Waals surface area (Å²) < 4.78 is 12.1. The maximum absolute atomic E-state index is 12.7. The monoisotopic (exact) mass is 484 g/mol. The second-order valence-electron chi connectivity index (χ2n) is 9.56. The largest absolute Gasteiger partial charge is 0.493 e. The van der Waals surface area contributed by atoms with Gasteiger partial charge >= 0.3 is 0 Å². The second-order valence-corrected chi connectivity index (χ2v) is 9.56. The first-order chi connectivity index (χ1) is 17.5. The SMILES string of the molecule is CN(CCCCCCOc1ccc2c(=O)cc(-c3ccc(N(C)C)cc3)oc2c1)Cc1ccccc1. The molecule has 0 radical (unpaired) electrons. The zero-order chi connectivity index (χ0) is 25.3. The molecule has 0 bridgehead atoms. The van der Waals surface area contributed by atoms with Crippen molar-refractivity contribution in [2.24, 2.45) is 0 Å². The number of hydrogen-bond donors (Lipinski definition) is 0. The summed E-state index contributed by atoms with van der Waals surface area (Å²) in [6.07, 6.45) is 4.51. The summed E-state index contributed by atoms with van der Waals surface area (Å²) in [5.74, 6) is 1.29. The Bertz CT molecular complexity index is 1300. The highest BCUT2D eigenvalue weighted by molar-refractivity contribution is 5.80. The lowest BCUT2D eigenvalue weighted by molar-refractivity contribution is 0.294. The molecule has 0 atom stereocenters. The molecule has 0 N–H and O–H groups in total. The molecule has 0 unspecified atom stereocenters. The van der Waals surface area contributed by atoms with E-state index in [1.165, 1.54) is 18.4 Å². The molecule has 0 fully saturated rings. The first-order valence-corrected chi connectivity index (χ1v) is 12.7. The summed E-state index contributed by atoms with van der Waals surface area (Å²) in [6, 6.07) is 25.6. The number of ether oxygens (including phenoxy) is 1. The maximum Gasteiger partial charge on any atom is 0.193 e. The van der Waals surface area contributed by atoms with Gasteiger partial charge in [-0.15, -0.1) is 0 Å². The summed E-state index contributed by atoms with van der Waals surface area (Å²) in [7, 11) is 6.18. The number of unbranched alkanes of at least 4 members (excludes halogenated alkanes) is 3. The van der Waals surface area contributed by atoms with Gasteiger partial charge in [-0.25, -0.2) is 0 Å². The van der Waals surface area contributed by atoms with E-state index in [0.29, 0.717) is 23.3 Å². The first-order valence-electron chi connectivity index (χ1n) is 12.7. The molecule has 0 aliphatic heterocycles. The van der Waals surface area contributed by atoms with Crippen LogP contribution in [0, 0.1) is 0 Å². The van der Waals surface area contributed by atoms with Gasteiger partial charge in [-0.3, -0.25) is 4.79 Å². The minimum atomic E-state index is -0.0493. The van der Waals surface area contributed by atoms with Crippen LogP contribution in [0.15, 0.2) is 88.1 Å². The molecule has 1 heterocycles. The average molecular weight is 485 g/mol. The highest BCUT2D eigenvalue weighted by Gasteiger charge is 2.09. The van der Waals surface area contributed by atoms with E-state index in [9.17, 15) is 4.79 Å². The van der Waals surface area contributed by atoms with Crippen LogP contribution in [0.5, 0.6) is 5.75 Å². The lowest BCUT2D eigenvalue weighted by Gasteiger charge is -2.16. The van der Waals surface area contributed by atoms with Crippen LogP contribution in [0.25, 0.3) is 22.3 Å². The molecule has 5 heteroatoms. The molecular weight excluding hydrogens is 448 g/mol. The van der Waals surface area contributed by atoms with E-state index in [1.54, 1.807) is 12.1 Å². The van der Waals surface area contributed by atoms with Crippen molar-refractivity contribution >= 4 is 16.7 Å². The fourth-order valence-electron chi connectivity index (χ4n) is 4.29. The molecule has 0 saturated carbocycles. The van der Waals surface area contributed by atoms with Crippen LogP contribution in [0.2, 0.25) is 0 Å². The molecule has 0 aliphatic rings. The van der Waals surface area contributed by atoms with Crippen LogP contribution in [0.4, 0.5) is 5.69 Å². The molecular formula is C31H36N2O3. The van der Waals surface area contributed by atoms with E-state index in [2.05, 4.69) is 42.3 Å². The van der Waals surface area contributed by atoms with E-state index >= 15 is 0 Å². The second kappa shape index (κ2) is 12.4. The molecule has 0 saturated heterocycles. The van der Waals surface area contributed by atoms with Gasteiger partial charge in [0.15, 0.2) is 5.43 Å². The van der Waals surface area contributed by atoms with Gasteiger partial charge in [-0.05, 0) is 68.4 Å². The third-order valence-electron chi connectivity index (χ3n) is 6.37. The van der Waals surface area contributed by atoms with Gasteiger partial charge in [-0.1, -0.05) is 43.2 Å². The van der Waals surface area contributed by atoms with E-state index < -0.39 is 0 Å². The van der Waals surface area contributed by atoms with Crippen molar-refractivity contribution in [2.45, 2.75) is 32.2 Å². The molecule has 0 aliphatic carbocycles. The normalized spacial score (nSPS) is 11.2. The van der Waals surface area contributed by atoms with E-state index in [4.69, 9.17) is 9.15 Å². The number of anilines is 1. The zero-order valence-corrected chi connectivity index (χ0v) is 21.6. The minimum absolute atomic E-state index is 0.0493. The molecule has 1 aromatic heterocycles. The van der Waals surface area contributed by atoms with Crippen molar-refractivity contribution in [2.75, 3.05) is 39.2 Å². The highest BCUT2D eigenvalue weighted by atomic mass is 16.5. The van der Waals surface area contributed by atoms with Gasteiger partial charge in [0.1, 0.15) is 17.1 Å². The quantitative estimate of drug-likeness (QED) is 0.212. The van der Waals surface area contributed by atoms with Gasteiger partial charge in [0.2, 0.25) is 0 Å². The van der Waals surface area contributed by atoms with Crippen LogP contribution in [0.1, 0.15) is 31.2 Å². The fourth-order valence-corrected chi connectivity index (χ4v) is 4.29. The molecule has 188 valence electrons. The minimum Gasteiger partial charge on any atom is -0.493 e. The van der Waals surface area contributed by atoms with Crippen molar-refractivity contribution < 1.29 is 9.15 Å². The van der Waals surface area contributed by atoms with Crippen molar-refractivity contribution in [3.63, 3.8) is 0 Å². The van der Waals surface area contributed by atoms with Gasteiger partial charge in [0.05, 0.1) is 12.0 Å². The molecule has 0 spiro atoms. The number of fused-ring (bicyclic) bond motifs is 1. The average Bonchev–Trinajstić information content (AvgIpc) is 2.88. The van der Waals surface area contributed by atoms with Crippen molar-refractivity contribution in [3.05, 3.63) is 94.6 Å². The smallest absolute Gasteiger partial charge is 0.193 e. The topological polar surface area (TPSA) is 45.9 Å². The summed E-state index contributed by atoms with van der Waals surface area (Å²) in [5, 5.41) is 0.565. The van der Waals surface area contributed by atoms with E-state index in [-0.39, 0.29) is 5.43 Å². The Morgan fingerprint density at radius 2 is 1.56 bits per heavy atom. The fraction of sp³-hybridized carbons (Fsp3) is 0.323. The van der Waals surface area contributed by atoms with E-state index in [0.717, 1.165) is 42.9 Å². The lowest BCUT2D eigenvalue weighted by atomic mass is 10.1. The molecule has 36 heavy (non-hydrogen) atoms. The third kappa shape index (κ3) is 6.98. The third-order valence-corrected chi connectivity index (χ3v) is 6.37. The maximum atomic E-state index is 12.7. The summed E-state index contributed by atoms with van der Waals surface area (Å²) >= 11 is 0. The first kappa shape index (κ1) is 25.5. The Labute approximate surface area is 213 Å². The predicted octanol–water partition coefficient (Wildman–Crippen LogP) is 6.60. The molecule has 0 amide bonds. The van der Waals surface area contributed by atoms with Gasteiger partial charge in [0.25, 0.3) is 0 Å². The summed E-state index contributed by atoms with van der Waals surface area (Å²) in [5.41, 5.74) is 3.82. The summed E-state index contributed by atoms with van der Waals surface area (Å²) in [6.45, 7) is 2.74. The molecule has 4 rings (SSSR count). The van der Waals surface area contributed by atoms with Gasteiger partial charge < -0.3 is 19.0 Å². The molecule has 5 nitrogen and oxygen atoms in total. The van der Waals surface area contributed by atoms with Crippen molar-refractivity contribution in [1.82, 2.24) is 4.90 Å². The Morgan fingerprint density at radius 1 is 0.806 bits per heavy atom. The van der Waals surface area contributed by atoms with Gasteiger partial charge in [0, 0.05) is 44.0 Å². The Kier molecular flexibility index (Phi) is 8.80. The zero-order valence-electron chi connectivity index (χ0n) is 21.6.